The van der Waals surface area contributed by atoms with Gasteiger partial charge in [0.1, 0.15) is 11.6 Å². The van der Waals surface area contributed by atoms with E-state index in [4.69, 9.17) is 4.74 Å². The minimum absolute atomic E-state index is 0.0996. The molecule has 1 aromatic heterocycles. The number of rotatable bonds is 3. The molecule has 0 saturated carbocycles. The maximum atomic E-state index is 13.9. The van der Waals surface area contributed by atoms with Crippen LogP contribution in [-0.4, -0.2) is 53.3 Å². The van der Waals surface area contributed by atoms with Crippen LogP contribution in [0.15, 0.2) is 39.9 Å². The first kappa shape index (κ1) is 17.7. The summed E-state index contributed by atoms with van der Waals surface area (Å²) in [7, 11) is 0. The standard InChI is InChI=1S/C17H19FN4O4/c1-2-26-17(25)21-9-7-20(8-10-21)14-11-15(23)22(16(24)19-14)13-6-4-3-5-12(13)18/h3-6,11H,2,7-10H2,1H3,(H,19,24). The highest BCUT2D eigenvalue weighted by Gasteiger charge is 2.23. The zero-order valence-electron chi connectivity index (χ0n) is 14.3. The van der Waals surface area contributed by atoms with Crippen molar-refractivity contribution in [1.82, 2.24) is 14.5 Å². The van der Waals surface area contributed by atoms with Crippen LogP contribution in [0.4, 0.5) is 15.0 Å². The van der Waals surface area contributed by atoms with Gasteiger partial charge in [0.15, 0.2) is 0 Å². The highest BCUT2D eigenvalue weighted by molar-refractivity contribution is 5.68. The topological polar surface area (TPSA) is 87.6 Å². The lowest BCUT2D eigenvalue weighted by molar-refractivity contribution is 0.105. The lowest BCUT2D eigenvalue weighted by Gasteiger charge is -2.34. The van der Waals surface area contributed by atoms with E-state index in [2.05, 4.69) is 4.98 Å². The molecular formula is C17H19FN4O4. The van der Waals surface area contributed by atoms with E-state index < -0.39 is 17.1 Å². The van der Waals surface area contributed by atoms with Gasteiger partial charge in [0, 0.05) is 32.2 Å². The fourth-order valence-electron chi connectivity index (χ4n) is 2.86. The number of carbonyl (C=O) groups is 1. The molecule has 1 aromatic carbocycles. The molecule has 3 rings (SSSR count). The van der Waals surface area contributed by atoms with Crippen LogP contribution in [0.3, 0.4) is 0 Å². The van der Waals surface area contributed by atoms with E-state index in [1.807, 2.05) is 0 Å². The molecule has 1 aliphatic rings. The molecule has 1 amide bonds. The van der Waals surface area contributed by atoms with Gasteiger partial charge in [-0.05, 0) is 19.1 Å². The second-order valence-electron chi connectivity index (χ2n) is 5.76. The largest absolute Gasteiger partial charge is 0.450 e. The van der Waals surface area contributed by atoms with Crippen LogP contribution in [0.5, 0.6) is 0 Å². The molecule has 0 spiro atoms. The molecule has 26 heavy (non-hydrogen) atoms. The number of piperazine rings is 1. The minimum Gasteiger partial charge on any atom is -0.450 e. The van der Waals surface area contributed by atoms with Crippen LogP contribution in [0.2, 0.25) is 0 Å². The summed E-state index contributed by atoms with van der Waals surface area (Å²) in [5, 5.41) is 0. The number of H-pyrrole nitrogens is 1. The van der Waals surface area contributed by atoms with Gasteiger partial charge in [-0.3, -0.25) is 9.78 Å². The number of anilines is 1. The van der Waals surface area contributed by atoms with E-state index in [0.29, 0.717) is 38.6 Å². The fraction of sp³-hybridized carbons (Fsp3) is 0.353. The fourth-order valence-corrected chi connectivity index (χ4v) is 2.86. The summed E-state index contributed by atoms with van der Waals surface area (Å²) >= 11 is 0. The van der Waals surface area contributed by atoms with E-state index >= 15 is 0 Å². The Hall–Kier alpha value is -3.10. The summed E-state index contributed by atoms with van der Waals surface area (Å²) < 4.78 is 19.6. The highest BCUT2D eigenvalue weighted by atomic mass is 19.1. The van der Waals surface area contributed by atoms with Gasteiger partial charge >= 0.3 is 11.8 Å². The summed E-state index contributed by atoms with van der Waals surface area (Å²) in [6.45, 7) is 3.76. The Kier molecular flexibility index (Phi) is 5.06. The van der Waals surface area contributed by atoms with Gasteiger partial charge in [0.2, 0.25) is 0 Å². The van der Waals surface area contributed by atoms with E-state index in [-0.39, 0.29) is 11.8 Å². The lowest BCUT2D eigenvalue weighted by Crippen LogP contribution is -2.50. The number of halogens is 1. The minimum atomic E-state index is -0.717. The van der Waals surface area contributed by atoms with E-state index in [1.165, 1.54) is 24.3 Å². The Morgan fingerprint density at radius 3 is 2.50 bits per heavy atom. The number of para-hydroxylation sites is 1. The Bertz CT molecular complexity index is 884. The van der Waals surface area contributed by atoms with Gasteiger partial charge in [-0.15, -0.1) is 0 Å². The van der Waals surface area contributed by atoms with Crippen molar-refractivity contribution in [3.05, 3.63) is 57.0 Å². The van der Waals surface area contributed by atoms with Crippen LogP contribution in [0.1, 0.15) is 6.92 Å². The molecule has 1 fully saturated rings. The smallest absolute Gasteiger partial charge is 0.409 e. The molecule has 1 saturated heterocycles. The molecular weight excluding hydrogens is 343 g/mol. The monoisotopic (exact) mass is 362 g/mol. The average molecular weight is 362 g/mol. The van der Waals surface area contributed by atoms with Crippen LogP contribution in [0, 0.1) is 5.82 Å². The summed E-state index contributed by atoms with van der Waals surface area (Å²) in [5.41, 5.74) is -1.44. The number of hydrogen-bond donors (Lipinski definition) is 1. The van der Waals surface area contributed by atoms with Gasteiger partial charge in [-0.1, -0.05) is 12.1 Å². The normalized spacial score (nSPS) is 14.4. The quantitative estimate of drug-likeness (QED) is 0.878. The van der Waals surface area contributed by atoms with Gasteiger partial charge < -0.3 is 14.5 Å². The number of hydrogen-bond acceptors (Lipinski definition) is 5. The molecule has 2 heterocycles. The number of amides is 1. The number of aromatic nitrogens is 2. The van der Waals surface area contributed by atoms with Crippen molar-refractivity contribution in [3.8, 4) is 5.69 Å². The van der Waals surface area contributed by atoms with Crippen LogP contribution in [-0.2, 0) is 4.74 Å². The molecule has 0 radical (unpaired) electrons. The summed E-state index contributed by atoms with van der Waals surface area (Å²) in [6.07, 6.45) is -0.379. The van der Waals surface area contributed by atoms with Crippen molar-refractivity contribution in [2.75, 3.05) is 37.7 Å². The van der Waals surface area contributed by atoms with Gasteiger partial charge in [0.05, 0.1) is 12.3 Å². The van der Waals surface area contributed by atoms with Crippen LogP contribution >= 0.6 is 0 Å². The SMILES string of the molecule is CCOC(=O)N1CCN(c2cc(=O)n(-c3ccccc3F)c(=O)[nH]2)CC1. The molecule has 1 N–H and O–H groups in total. The molecule has 1 aliphatic heterocycles. The Balaban J connectivity index is 1.82. The summed E-state index contributed by atoms with van der Waals surface area (Å²) in [6, 6.07) is 6.84. The zero-order valence-corrected chi connectivity index (χ0v) is 14.3. The number of carbonyl (C=O) groups excluding carboxylic acids is 1. The van der Waals surface area contributed by atoms with Crippen molar-refractivity contribution < 1.29 is 13.9 Å². The summed E-state index contributed by atoms with van der Waals surface area (Å²) in [4.78, 5) is 42.4. The maximum absolute atomic E-state index is 13.9. The molecule has 2 aromatic rings. The van der Waals surface area contributed by atoms with E-state index in [0.717, 1.165) is 4.57 Å². The number of aromatic amines is 1. The van der Waals surface area contributed by atoms with Crippen molar-refractivity contribution in [2.45, 2.75) is 6.92 Å². The van der Waals surface area contributed by atoms with Gasteiger partial charge in [-0.2, -0.15) is 0 Å². The third kappa shape index (κ3) is 3.46. The van der Waals surface area contributed by atoms with Crippen LogP contribution in [0.25, 0.3) is 5.69 Å². The maximum Gasteiger partial charge on any atom is 0.409 e. The number of nitrogens with zero attached hydrogens (tertiary/aromatic N) is 3. The first-order chi connectivity index (χ1) is 12.5. The number of benzene rings is 1. The molecule has 0 aliphatic carbocycles. The lowest BCUT2D eigenvalue weighted by atomic mass is 10.3. The zero-order chi connectivity index (χ0) is 18.7. The second-order valence-corrected chi connectivity index (χ2v) is 5.76. The third-order valence-corrected chi connectivity index (χ3v) is 4.16. The Morgan fingerprint density at radius 1 is 1.19 bits per heavy atom. The molecule has 9 heteroatoms. The molecule has 8 nitrogen and oxygen atoms in total. The number of ether oxygens (including phenoxy) is 1. The predicted molar refractivity (Wildman–Crippen MR) is 93.4 cm³/mol. The molecule has 0 bridgehead atoms. The van der Waals surface area contributed by atoms with Crippen molar-refractivity contribution in [3.63, 3.8) is 0 Å². The summed E-state index contributed by atoms with van der Waals surface area (Å²) in [5.74, 6) is -0.313. The first-order valence-corrected chi connectivity index (χ1v) is 8.29. The van der Waals surface area contributed by atoms with Crippen LogP contribution < -0.4 is 16.1 Å². The van der Waals surface area contributed by atoms with Crippen molar-refractivity contribution in [2.24, 2.45) is 0 Å². The number of nitrogens with one attached hydrogen (secondary N) is 1. The van der Waals surface area contributed by atoms with E-state index in [1.54, 1.807) is 22.8 Å². The van der Waals surface area contributed by atoms with Gasteiger partial charge in [0.25, 0.3) is 5.56 Å². The average Bonchev–Trinajstić information content (AvgIpc) is 2.63. The Morgan fingerprint density at radius 2 is 1.88 bits per heavy atom. The predicted octanol–water partition coefficient (Wildman–Crippen LogP) is 0.943. The second kappa shape index (κ2) is 7.42. The third-order valence-electron chi connectivity index (χ3n) is 4.16. The van der Waals surface area contributed by atoms with Gasteiger partial charge in [-0.25, -0.2) is 18.5 Å². The molecule has 138 valence electrons. The van der Waals surface area contributed by atoms with Crippen molar-refractivity contribution >= 4 is 11.9 Å². The molecule has 0 atom stereocenters. The highest BCUT2D eigenvalue weighted by Crippen LogP contribution is 2.13. The Labute approximate surface area is 148 Å². The molecule has 0 unspecified atom stereocenters. The van der Waals surface area contributed by atoms with E-state index in [9.17, 15) is 18.8 Å². The first-order valence-electron chi connectivity index (χ1n) is 8.29. The van der Waals surface area contributed by atoms with Crippen molar-refractivity contribution in [1.29, 1.82) is 0 Å².